The van der Waals surface area contributed by atoms with Gasteiger partial charge in [-0.2, -0.15) is 0 Å². The van der Waals surface area contributed by atoms with Crippen LogP contribution in [0.1, 0.15) is 52.4 Å². The third kappa shape index (κ3) is 6.81. The number of nitrogens with one attached hydrogen (secondary N) is 2. The molecule has 4 heteroatoms. The Morgan fingerprint density at radius 2 is 1.95 bits per heavy atom. The predicted molar refractivity (Wildman–Crippen MR) is 81.7 cm³/mol. The van der Waals surface area contributed by atoms with Crippen LogP contribution < -0.4 is 10.6 Å². The molecule has 0 heterocycles. The lowest BCUT2D eigenvalue weighted by Crippen LogP contribution is -2.42. The van der Waals surface area contributed by atoms with Gasteiger partial charge in [0, 0.05) is 33.4 Å². The van der Waals surface area contributed by atoms with Gasteiger partial charge in [0.15, 0.2) is 5.96 Å². The number of ether oxygens (including phenoxy) is 1. The van der Waals surface area contributed by atoms with Gasteiger partial charge < -0.3 is 15.4 Å². The first kappa shape index (κ1) is 16.3. The van der Waals surface area contributed by atoms with Gasteiger partial charge in [0.05, 0.1) is 0 Å². The van der Waals surface area contributed by atoms with Crippen LogP contribution >= 0.6 is 0 Å². The van der Waals surface area contributed by atoms with E-state index in [0.29, 0.717) is 5.41 Å². The Morgan fingerprint density at radius 1 is 1.21 bits per heavy atom. The van der Waals surface area contributed by atoms with Crippen molar-refractivity contribution in [2.24, 2.45) is 10.4 Å². The lowest BCUT2D eigenvalue weighted by atomic mass is 9.89. The molecule has 0 saturated heterocycles. The van der Waals surface area contributed by atoms with Gasteiger partial charge >= 0.3 is 0 Å². The average Bonchev–Trinajstić information content (AvgIpc) is 2.84. The van der Waals surface area contributed by atoms with Crippen LogP contribution in [0.25, 0.3) is 0 Å². The second-order valence-electron chi connectivity index (χ2n) is 5.77. The Balaban J connectivity index is 2.09. The zero-order valence-electron chi connectivity index (χ0n) is 12.9. The molecule has 112 valence electrons. The first-order valence-electron chi connectivity index (χ1n) is 7.72. The maximum atomic E-state index is 5.32. The highest BCUT2D eigenvalue weighted by atomic mass is 16.5. The van der Waals surface area contributed by atoms with E-state index in [4.69, 9.17) is 4.74 Å². The lowest BCUT2D eigenvalue weighted by molar-refractivity contribution is 0.143. The predicted octanol–water partition coefficient (Wildman–Crippen LogP) is 2.55. The normalized spacial score (nSPS) is 18.6. The minimum atomic E-state index is 0.465. The highest BCUT2D eigenvalue weighted by molar-refractivity contribution is 5.79. The Bertz CT molecular complexity index is 260. The lowest BCUT2D eigenvalue weighted by Gasteiger charge is -2.25. The van der Waals surface area contributed by atoms with Crippen molar-refractivity contribution in [2.45, 2.75) is 52.4 Å². The van der Waals surface area contributed by atoms with Gasteiger partial charge in [0.2, 0.25) is 0 Å². The van der Waals surface area contributed by atoms with E-state index in [1.165, 1.54) is 25.7 Å². The monoisotopic (exact) mass is 269 g/mol. The first-order valence-corrected chi connectivity index (χ1v) is 7.72. The molecule has 0 aromatic carbocycles. The smallest absolute Gasteiger partial charge is 0.190 e. The second kappa shape index (κ2) is 9.18. The molecule has 0 spiro atoms. The van der Waals surface area contributed by atoms with Crippen molar-refractivity contribution < 1.29 is 4.74 Å². The zero-order valence-corrected chi connectivity index (χ0v) is 12.9. The van der Waals surface area contributed by atoms with Gasteiger partial charge in [-0.15, -0.1) is 0 Å². The van der Waals surface area contributed by atoms with E-state index in [2.05, 4.69) is 22.5 Å². The number of aliphatic imine (C=N–C) groups is 1. The number of hydrogen-bond acceptors (Lipinski definition) is 2. The van der Waals surface area contributed by atoms with Crippen molar-refractivity contribution in [2.75, 3.05) is 33.4 Å². The molecule has 19 heavy (non-hydrogen) atoms. The largest absolute Gasteiger partial charge is 0.382 e. The van der Waals surface area contributed by atoms with Gasteiger partial charge in [-0.3, -0.25) is 4.99 Å². The molecule has 0 atom stereocenters. The van der Waals surface area contributed by atoms with E-state index < -0.39 is 0 Å². The van der Waals surface area contributed by atoms with E-state index in [1.54, 1.807) is 0 Å². The van der Waals surface area contributed by atoms with Crippen LogP contribution in [0.4, 0.5) is 0 Å². The fourth-order valence-electron chi connectivity index (χ4n) is 2.60. The van der Waals surface area contributed by atoms with Gasteiger partial charge in [0.25, 0.3) is 0 Å². The van der Waals surface area contributed by atoms with Crippen LogP contribution in [0.5, 0.6) is 0 Å². The third-order valence-corrected chi connectivity index (χ3v) is 3.93. The van der Waals surface area contributed by atoms with Crippen molar-refractivity contribution in [3.8, 4) is 0 Å². The van der Waals surface area contributed by atoms with Gasteiger partial charge in [0.1, 0.15) is 0 Å². The summed E-state index contributed by atoms with van der Waals surface area (Å²) in [5, 5.41) is 6.83. The molecule has 1 rings (SSSR count). The standard InChI is InChI=1S/C15H31N3O/c1-4-19-12-8-7-11-17-14(16-3)18-13-15(2)9-5-6-10-15/h4-13H2,1-3H3,(H2,16,17,18). The van der Waals surface area contributed by atoms with Crippen molar-refractivity contribution in [3.05, 3.63) is 0 Å². The maximum absolute atomic E-state index is 5.32. The molecule has 4 nitrogen and oxygen atoms in total. The number of guanidine groups is 1. The van der Waals surface area contributed by atoms with E-state index in [0.717, 1.165) is 45.1 Å². The maximum Gasteiger partial charge on any atom is 0.190 e. The highest BCUT2D eigenvalue weighted by Gasteiger charge is 2.28. The number of unbranched alkanes of at least 4 members (excludes halogenated alkanes) is 1. The summed E-state index contributed by atoms with van der Waals surface area (Å²) in [5.74, 6) is 0.935. The summed E-state index contributed by atoms with van der Waals surface area (Å²) >= 11 is 0. The van der Waals surface area contributed by atoms with E-state index >= 15 is 0 Å². The summed E-state index contributed by atoms with van der Waals surface area (Å²) < 4.78 is 5.32. The van der Waals surface area contributed by atoms with Crippen molar-refractivity contribution in [3.63, 3.8) is 0 Å². The van der Waals surface area contributed by atoms with E-state index in [9.17, 15) is 0 Å². The first-order chi connectivity index (χ1) is 9.20. The molecule has 0 bridgehead atoms. The van der Waals surface area contributed by atoms with E-state index in [-0.39, 0.29) is 0 Å². The Hall–Kier alpha value is -0.770. The molecular weight excluding hydrogens is 238 g/mol. The van der Waals surface area contributed by atoms with Crippen LogP contribution in [0.2, 0.25) is 0 Å². The summed E-state index contributed by atoms with van der Waals surface area (Å²) in [6.45, 7) is 8.09. The Morgan fingerprint density at radius 3 is 2.58 bits per heavy atom. The van der Waals surface area contributed by atoms with Crippen LogP contribution in [0.15, 0.2) is 4.99 Å². The quantitative estimate of drug-likeness (QED) is 0.404. The average molecular weight is 269 g/mol. The van der Waals surface area contributed by atoms with Crippen LogP contribution in [-0.2, 0) is 4.74 Å². The molecule has 0 aliphatic heterocycles. The minimum Gasteiger partial charge on any atom is -0.382 e. The molecule has 1 aliphatic rings. The molecule has 0 radical (unpaired) electrons. The minimum absolute atomic E-state index is 0.465. The molecule has 0 amide bonds. The van der Waals surface area contributed by atoms with Crippen LogP contribution in [-0.4, -0.2) is 39.3 Å². The summed E-state index contributed by atoms with van der Waals surface area (Å²) in [7, 11) is 1.84. The topological polar surface area (TPSA) is 45.6 Å². The summed E-state index contributed by atoms with van der Waals surface area (Å²) in [6.07, 6.45) is 7.66. The molecule has 1 fully saturated rings. The van der Waals surface area contributed by atoms with Crippen molar-refractivity contribution in [1.82, 2.24) is 10.6 Å². The zero-order chi connectivity index (χ0) is 14.0. The fourth-order valence-corrected chi connectivity index (χ4v) is 2.60. The molecule has 0 unspecified atom stereocenters. The number of rotatable bonds is 8. The Labute approximate surface area is 118 Å². The SMILES string of the molecule is CCOCCCCNC(=NC)NCC1(C)CCCC1. The summed E-state index contributed by atoms with van der Waals surface area (Å²) in [5.41, 5.74) is 0.465. The fraction of sp³-hybridized carbons (Fsp3) is 0.933. The second-order valence-corrected chi connectivity index (χ2v) is 5.77. The molecule has 1 saturated carbocycles. The molecular formula is C15H31N3O. The van der Waals surface area contributed by atoms with Gasteiger partial charge in [-0.1, -0.05) is 19.8 Å². The van der Waals surface area contributed by atoms with Crippen molar-refractivity contribution >= 4 is 5.96 Å². The van der Waals surface area contributed by atoms with Crippen LogP contribution in [0, 0.1) is 5.41 Å². The molecule has 1 aliphatic carbocycles. The van der Waals surface area contributed by atoms with Crippen LogP contribution in [0.3, 0.4) is 0 Å². The van der Waals surface area contributed by atoms with Gasteiger partial charge in [-0.25, -0.2) is 0 Å². The van der Waals surface area contributed by atoms with E-state index in [1.807, 2.05) is 14.0 Å². The number of nitrogens with zero attached hydrogens (tertiary/aromatic N) is 1. The number of hydrogen-bond donors (Lipinski definition) is 2. The van der Waals surface area contributed by atoms with Gasteiger partial charge in [-0.05, 0) is 38.0 Å². The molecule has 0 aromatic heterocycles. The summed E-state index contributed by atoms with van der Waals surface area (Å²) in [6, 6.07) is 0. The van der Waals surface area contributed by atoms with Crippen molar-refractivity contribution in [1.29, 1.82) is 0 Å². The third-order valence-electron chi connectivity index (χ3n) is 3.93. The summed E-state index contributed by atoms with van der Waals surface area (Å²) in [4.78, 5) is 4.28. The highest BCUT2D eigenvalue weighted by Crippen LogP contribution is 2.36. The molecule has 0 aromatic rings. The Kier molecular flexibility index (Phi) is 7.87. The molecule has 2 N–H and O–H groups in total.